The van der Waals surface area contributed by atoms with E-state index in [1.54, 1.807) is 32.2 Å². The fourth-order valence-electron chi connectivity index (χ4n) is 4.35. The standard InChI is InChI=1S/C25H25FN4O2S2/c1-15-8-10-29(11-9-15)22-19(16(2)20(13-27)23(31)28(22)3)12-21-24(32)30(25(33)34-21)14-17-4-6-18(26)7-5-17/h4-7,12,15H,8-11,14H2,1-3H3. The van der Waals surface area contributed by atoms with Crippen molar-refractivity contribution in [1.82, 2.24) is 9.47 Å². The Balaban J connectivity index is 1.75. The molecule has 4 rings (SSSR count). The Labute approximate surface area is 207 Å². The van der Waals surface area contributed by atoms with E-state index in [-0.39, 0.29) is 29.4 Å². The molecular formula is C25H25FN4O2S2. The zero-order valence-electron chi connectivity index (χ0n) is 19.3. The van der Waals surface area contributed by atoms with Gasteiger partial charge in [0.05, 0.1) is 11.4 Å². The lowest BCUT2D eigenvalue weighted by Gasteiger charge is -2.34. The molecule has 1 aromatic carbocycles. The average molecular weight is 497 g/mol. The van der Waals surface area contributed by atoms with E-state index in [0.717, 1.165) is 37.3 Å². The van der Waals surface area contributed by atoms with Crippen LogP contribution in [-0.4, -0.2) is 32.8 Å². The van der Waals surface area contributed by atoms with E-state index < -0.39 is 0 Å². The third-order valence-corrected chi connectivity index (χ3v) is 7.83. The molecule has 2 saturated heterocycles. The number of thioether (sulfide) groups is 1. The van der Waals surface area contributed by atoms with Crippen LogP contribution < -0.4 is 10.5 Å². The topological polar surface area (TPSA) is 69.3 Å². The van der Waals surface area contributed by atoms with Crippen LogP contribution in [0.2, 0.25) is 0 Å². The normalized spacial score (nSPS) is 18.1. The van der Waals surface area contributed by atoms with E-state index in [0.29, 0.717) is 26.3 Å². The fraction of sp³-hybridized carbons (Fsp3) is 0.360. The number of benzene rings is 1. The van der Waals surface area contributed by atoms with Crippen molar-refractivity contribution in [3.63, 3.8) is 0 Å². The highest BCUT2D eigenvalue weighted by Gasteiger charge is 2.33. The van der Waals surface area contributed by atoms with Gasteiger partial charge < -0.3 is 4.90 Å². The maximum Gasteiger partial charge on any atom is 0.270 e. The number of piperidine rings is 1. The van der Waals surface area contributed by atoms with Gasteiger partial charge in [-0.3, -0.25) is 19.1 Å². The van der Waals surface area contributed by atoms with Crippen LogP contribution in [0.25, 0.3) is 6.08 Å². The molecule has 0 aliphatic carbocycles. The van der Waals surface area contributed by atoms with Gasteiger partial charge in [0, 0.05) is 25.7 Å². The second-order valence-corrected chi connectivity index (χ2v) is 10.5. The van der Waals surface area contributed by atoms with Crippen molar-refractivity contribution in [2.24, 2.45) is 13.0 Å². The van der Waals surface area contributed by atoms with Crippen molar-refractivity contribution in [3.8, 4) is 6.07 Å². The van der Waals surface area contributed by atoms with E-state index in [4.69, 9.17) is 12.2 Å². The number of amides is 1. The number of nitriles is 1. The molecule has 0 spiro atoms. The molecule has 6 nitrogen and oxygen atoms in total. The number of rotatable bonds is 4. The lowest BCUT2D eigenvalue weighted by atomic mass is 9.97. The molecule has 2 fully saturated rings. The van der Waals surface area contributed by atoms with Crippen molar-refractivity contribution in [3.05, 3.63) is 67.6 Å². The van der Waals surface area contributed by atoms with Crippen LogP contribution in [0.4, 0.5) is 10.2 Å². The number of hydrogen-bond donors (Lipinski definition) is 0. The third-order valence-electron chi connectivity index (χ3n) is 6.45. The second kappa shape index (κ2) is 9.72. The summed E-state index contributed by atoms with van der Waals surface area (Å²) in [6.07, 6.45) is 3.77. The van der Waals surface area contributed by atoms with Crippen LogP contribution >= 0.6 is 24.0 Å². The highest BCUT2D eigenvalue weighted by Crippen LogP contribution is 2.37. The van der Waals surface area contributed by atoms with Gasteiger partial charge in [0.2, 0.25) is 0 Å². The van der Waals surface area contributed by atoms with Gasteiger partial charge >= 0.3 is 0 Å². The first-order valence-corrected chi connectivity index (χ1v) is 12.3. The van der Waals surface area contributed by atoms with Crippen molar-refractivity contribution in [1.29, 1.82) is 5.26 Å². The maximum absolute atomic E-state index is 13.3. The largest absolute Gasteiger partial charge is 0.357 e. The van der Waals surface area contributed by atoms with Crippen molar-refractivity contribution < 1.29 is 9.18 Å². The molecule has 0 unspecified atom stereocenters. The SMILES string of the molecule is Cc1c(C=C2SC(=S)N(Cc3ccc(F)cc3)C2=O)c(N2CCC(C)CC2)n(C)c(=O)c1C#N. The van der Waals surface area contributed by atoms with Gasteiger partial charge in [-0.05, 0) is 55.0 Å². The molecule has 2 aliphatic rings. The first-order chi connectivity index (χ1) is 16.2. The van der Waals surface area contributed by atoms with Gasteiger partial charge in [-0.1, -0.05) is 43.0 Å². The van der Waals surface area contributed by atoms with E-state index in [9.17, 15) is 19.2 Å². The quantitative estimate of drug-likeness (QED) is 0.463. The molecule has 9 heteroatoms. The van der Waals surface area contributed by atoms with Crippen molar-refractivity contribution in [2.45, 2.75) is 33.2 Å². The number of carbonyl (C=O) groups is 1. The van der Waals surface area contributed by atoms with Gasteiger partial charge in [0.1, 0.15) is 27.6 Å². The number of carbonyl (C=O) groups excluding carboxylic acids is 1. The first kappa shape index (κ1) is 24.2. The third kappa shape index (κ3) is 4.52. The minimum absolute atomic E-state index is 0.0738. The van der Waals surface area contributed by atoms with E-state index in [1.165, 1.54) is 33.4 Å². The first-order valence-electron chi connectivity index (χ1n) is 11.1. The second-order valence-electron chi connectivity index (χ2n) is 8.78. The summed E-state index contributed by atoms with van der Waals surface area (Å²) >= 11 is 6.66. The number of anilines is 1. The highest BCUT2D eigenvalue weighted by molar-refractivity contribution is 8.26. The van der Waals surface area contributed by atoms with Crippen LogP contribution in [-0.2, 0) is 18.4 Å². The maximum atomic E-state index is 13.3. The van der Waals surface area contributed by atoms with E-state index >= 15 is 0 Å². The van der Waals surface area contributed by atoms with Crippen LogP contribution in [0.1, 0.15) is 42.0 Å². The Morgan fingerprint density at radius 1 is 1.24 bits per heavy atom. The zero-order chi connectivity index (χ0) is 24.6. The number of nitrogens with zero attached hydrogens (tertiary/aromatic N) is 4. The lowest BCUT2D eigenvalue weighted by molar-refractivity contribution is -0.122. The number of thiocarbonyl (C=S) groups is 1. The van der Waals surface area contributed by atoms with Crippen LogP contribution in [0.3, 0.4) is 0 Å². The molecule has 0 bridgehead atoms. The molecule has 1 amide bonds. The molecule has 0 saturated carbocycles. The molecule has 1 aromatic heterocycles. The van der Waals surface area contributed by atoms with Crippen molar-refractivity contribution in [2.75, 3.05) is 18.0 Å². The smallest absolute Gasteiger partial charge is 0.270 e. The summed E-state index contributed by atoms with van der Waals surface area (Å²) in [7, 11) is 1.67. The predicted molar refractivity (Wildman–Crippen MR) is 137 cm³/mol. The van der Waals surface area contributed by atoms with Crippen molar-refractivity contribution >= 4 is 46.1 Å². The van der Waals surface area contributed by atoms with Gasteiger partial charge in [-0.2, -0.15) is 5.26 Å². The van der Waals surface area contributed by atoms with Gasteiger partial charge in [-0.25, -0.2) is 4.39 Å². The predicted octanol–water partition coefficient (Wildman–Crippen LogP) is 4.34. The molecule has 0 radical (unpaired) electrons. The summed E-state index contributed by atoms with van der Waals surface area (Å²) in [5.74, 6) is 0.743. The minimum atomic E-state index is -0.341. The Hall–Kier alpha value is -2.96. The Morgan fingerprint density at radius 3 is 2.50 bits per heavy atom. The number of pyridine rings is 1. The molecule has 34 heavy (non-hydrogen) atoms. The van der Waals surface area contributed by atoms with Crippen LogP contribution in [0, 0.1) is 30.0 Å². The Kier molecular flexibility index (Phi) is 6.91. The highest BCUT2D eigenvalue weighted by atomic mass is 32.2. The molecule has 3 heterocycles. The van der Waals surface area contributed by atoms with Crippen LogP contribution in [0.5, 0.6) is 0 Å². The molecule has 2 aliphatic heterocycles. The number of halogens is 1. The Bertz CT molecular complexity index is 1290. The number of hydrogen-bond acceptors (Lipinski definition) is 6. The lowest BCUT2D eigenvalue weighted by Crippen LogP contribution is -2.38. The molecule has 0 N–H and O–H groups in total. The molecular weight excluding hydrogens is 471 g/mol. The van der Waals surface area contributed by atoms with Gasteiger partial charge in [-0.15, -0.1) is 0 Å². The fourth-order valence-corrected chi connectivity index (χ4v) is 5.59. The number of aromatic nitrogens is 1. The van der Waals surface area contributed by atoms with Gasteiger partial charge in [0.15, 0.2) is 0 Å². The van der Waals surface area contributed by atoms with Gasteiger partial charge in [0.25, 0.3) is 11.5 Å². The molecule has 2 aromatic rings. The Morgan fingerprint density at radius 2 is 1.88 bits per heavy atom. The summed E-state index contributed by atoms with van der Waals surface area (Å²) in [6, 6.07) is 8.00. The minimum Gasteiger partial charge on any atom is -0.357 e. The van der Waals surface area contributed by atoms with E-state index in [2.05, 4.69) is 11.8 Å². The summed E-state index contributed by atoms with van der Waals surface area (Å²) in [4.78, 5) is 30.3. The zero-order valence-corrected chi connectivity index (χ0v) is 20.9. The summed E-state index contributed by atoms with van der Waals surface area (Å²) < 4.78 is 15.2. The van der Waals surface area contributed by atoms with E-state index in [1.807, 2.05) is 6.07 Å². The monoisotopic (exact) mass is 496 g/mol. The summed E-state index contributed by atoms with van der Waals surface area (Å²) in [6.45, 7) is 5.81. The summed E-state index contributed by atoms with van der Waals surface area (Å²) in [5, 5.41) is 9.64. The molecule has 0 atom stereocenters. The molecule has 176 valence electrons. The van der Waals surface area contributed by atoms with Crippen LogP contribution in [0.15, 0.2) is 34.0 Å². The average Bonchev–Trinajstić information content (AvgIpc) is 3.07. The summed E-state index contributed by atoms with van der Waals surface area (Å²) in [5.41, 5.74) is 1.75.